The fourth-order valence-electron chi connectivity index (χ4n) is 1.74. The van der Waals surface area contributed by atoms with Crippen LogP contribution in [0.5, 0.6) is 0 Å². The van der Waals surface area contributed by atoms with Crippen LogP contribution in [-0.4, -0.2) is 23.0 Å². The van der Waals surface area contributed by atoms with E-state index in [-0.39, 0.29) is 18.5 Å². The van der Waals surface area contributed by atoms with E-state index >= 15 is 0 Å². The van der Waals surface area contributed by atoms with Crippen molar-refractivity contribution in [1.29, 1.82) is 0 Å². The van der Waals surface area contributed by atoms with E-state index in [1.807, 2.05) is 5.32 Å². The van der Waals surface area contributed by atoms with Crippen LogP contribution < -0.4 is 10.6 Å². The molecule has 0 bridgehead atoms. The third kappa shape index (κ3) is 6.03. The summed E-state index contributed by atoms with van der Waals surface area (Å²) in [6.45, 7) is 3.30. The van der Waals surface area contributed by atoms with Gasteiger partial charge in [0.2, 0.25) is 5.91 Å². The summed E-state index contributed by atoms with van der Waals surface area (Å²) in [5.41, 5.74) is 0.668. The molecule has 0 aromatic heterocycles. The summed E-state index contributed by atoms with van der Waals surface area (Å²) < 4.78 is 13.5. The van der Waals surface area contributed by atoms with Gasteiger partial charge in [-0.05, 0) is 30.5 Å². The molecule has 0 saturated heterocycles. The van der Waals surface area contributed by atoms with Crippen molar-refractivity contribution in [3.8, 4) is 0 Å². The number of rotatable bonds is 5. The van der Waals surface area contributed by atoms with Crippen molar-refractivity contribution in [2.75, 3.05) is 5.32 Å². The normalized spacial score (nSPS) is 11.6. The summed E-state index contributed by atoms with van der Waals surface area (Å²) >= 11 is 0. The van der Waals surface area contributed by atoms with Crippen molar-refractivity contribution in [2.24, 2.45) is 5.92 Å². The molecule has 1 aromatic rings. The number of aliphatic carboxylic acids is 1. The van der Waals surface area contributed by atoms with Gasteiger partial charge in [-0.1, -0.05) is 13.0 Å². The summed E-state index contributed by atoms with van der Waals surface area (Å²) in [7, 11) is 0. The number of anilines is 1. The quantitative estimate of drug-likeness (QED) is 0.776. The van der Waals surface area contributed by atoms with Crippen LogP contribution in [0.1, 0.15) is 25.3 Å². The van der Waals surface area contributed by atoms with Crippen molar-refractivity contribution in [2.45, 2.75) is 26.7 Å². The highest BCUT2D eigenvalue weighted by molar-refractivity contribution is 6.01. The molecule has 1 unspecified atom stereocenters. The SMILES string of the molecule is Cc1ccc(NC(=O)NC(=O)CC(C)CC(=O)O)c(F)c1. The first-order valence-corrected chi connectivity index (χ1v) is 6.36. The lowest BCUT2D eigenvalue weighted by molar-refractivity contribution is -0.138. The summed E-state index contributed by atoms with van der Waals surface area (Å²) in [6.07, 6.45) is -0.266. The highest BCUT2D eigenvalue weighted by Crippen LogP contribution is 2.15. The number of hydrogen-bond donors (Lipinski definition) is 3. The van der Waals surface area contributed by atoms with Crippen LogP contribution in [0.3, 0.4) is 0 Å². The zero-order valence-corrected chi connectivity index (χ0v) is 11.8. The van der Waals surface area contributed by atoms with Gasteiger partial charge in [-0.25, -0.2) is 9.18 Å². The van der Waals surface area contributed by atoms with Crippen LogP contribution in [0.2, 0.25) is 0 Å². The summed E-state index contributed by atoms with van der Waals surface area (Å²) in [5.74, 6) is -2.63. The Hall–Kier alpha value is -2.44. The van der Waals surface area contributed by atoms with Crippen LogP contribution in [0.4, 0.5) is 14.9 Å². The number of carbonyl (C=O) groups excluding carboxylic acids is 2. The molecule has 0 heterocycles. The van der Waals surface area contributed by atoms with E-state index in [0.717, 1.165) is 0 Å². The number of carboxylic acids is 1. The van der Waals surface area contributed by atoms with Crippen molar-refractivity contribution >= 4 is 23.6 Å². The molecule has 3 N–H and O–H groups in total. The Morgan fingerprint density at radius 3 is 2.52 bits per heavy atom. The van der Waals surface area contributed by atoms with Gasteiger partial charge in [0.25, 0.3) is 0 Å². The molecule has 114 valence electrons. The van der Waals surface area contributed by atoms with Gasteiger partial charge in [0.15, 0.2) is 0 Å². The van der Waals surface area contributed by atoms with E-state index in [4.69, 9.17) is 5.11 Å². The number of aryl methyl sites for hydroxylation is 1. The Bertz CT molecular complexity index is 560. The van der Waals surface area contributed by atoms with Gasteiger partial charge < -0.3 is 10.4 Å². The molecule has 0 aliphatic rings. The summed E-state index contributed by atoms with van der Waals surface area (Å²) in [4.78, 5) is 33.5. The molecule has 6 nitrogen and oxygen atoms in total. The maximum atomic E-state index is 13.5. The number of halogens is 1. The van der Waals surface area contributed by atoms with Crippen molar-refractivity contribution < 1.29 is 23.9 Å². The Morgan fingerprint density at radius 2 is 1.95 bits per heavy atom. The molecule has 0 fully saturated rings. The molecular weight excluding hydrogens is 279 g/mol. The van der Waals surface area contributed by atoms with Crippen LogP contribution >= 0.6 is 0 Å². The van der Waals surface area contributed by atoms with Crippen LogP contribution in [0, 0.1) is 18.7 Å². The number of benzene rings is 1. The molecule has 21 heavy (non-hydrogen) atoms. The number of nitrogens with one attached hydrogen (secondary N) is 2. The molecule has 0 aliphatic carbocycles. The molecule has 1 atom stereocenters. The first-order valence-electron chi connectivity index (χ1n) is 6.36. The second-order valence-electron chi connectivity index (χ2n) is 4.89. The molecule has 0 radical (unpaired) electrons. The summed E-state index contributed by atoms with van der Waals surface area (Å²) in [5, 5.41) is 12.8. The van der Waals surface area contributed by atoms with Gasteiger partial charge in [-0.2, -0.15) is 0 Å². The molecule has 0 aliphatic heterocycles. The number of imide groups is 1. The average molecular weight is 296 g/mol. The lowest BCUT2D eigenvalue weighted by Crippen LogP contribution is -2.35. The van der Waals surface area contributed by atoms with Gasteiger partial charge in [-0.3, -0.25) is 14.9 Å². The Kier molecular flexibility index (Phi) is 5.83. The highest BCUT2D eigenvalue weighted by atomic mass is 19.1. The lowest BCUT2D eigenvalue weighted by atomic mass is 10.0. The Labute approximate surface area is 121 Å². The molecule has 7 heteroatoms. The van der Waals surface area contributed by atoms with Crippen LogP contribution in [-0.2, 0) is 9.59 Å². The Morgan fingerprint density at radius 1 is 1.29 bits per heavy atom. The monoisotopic (exact) mass is 296 g/mol. The molecule has 1 aromatic carbocycles. The zero-order chi connectivity index (χ0) is 16.0. The van der Waals surface area contributed by atoms with Gasteiger partial charge in [-0.15, -0.1) is 0 Å². The number of amides is 3. The van der Waals surface area contributed by atoms with E-state index in [1.165, 1.54) is 12.1 Å². The lowest BCUT2D eigenvalue weighted by Gasteiger charge is -2.10. The van der Waals surface area contributed by atoms with Crippen molar-refractivity contribution in [1.82, 2.24) is 5.32 Å². The van der Waals surface area contributed by atoms with Gasteiger partial charge >= 0.3 is 12.0 Å². The second kappa shape index (κ2) is 7.37. The maximum Gasteiger partial charge on any atom is 0.325 e. The third-order valence-electron chi connectivity index (χ3n) is 2.68. The van der Waals surface area contributed by atoms with E-state index in [0.29, 0.717) is 5.56 Å². The minimum atomic E-state index is -1.01. The van der Waals surface area contributed by atoms with E-state index in [9.17, 15) is 18.8 Å². The minimum absolute atomic E-state index is 0.0375. The Balaban J connectivity index is 2.49. The molecule has 0 spiro atoms. The average Bonchev–Trinajstić information content (AvgIpc) is 2.31. The van der Waals surface area contributed by atoms with Crippen LogP contribution in [0.15, 0.2) is 18.2 Å². The topological polar surface area (TPSA) is 95.5 Å². The highest BCUT2D eigenvalue weighted by Gasteiger charge is 2.15. The van der Waals surface area contributed by atoms with Gasteiger partial charge in [0.1, 0.15) is 5.82 Å². The second-order valence-corrected chi connectivity index (χ2v) is 4.89. The first kappa shape index (κ1) is 16.6. The number of carboxylic acid groups (broad SMARTS) is 1. The third-order valence-corrected chi connectivity index (χ3v) is 2.68. The summed E-state index contributed by atoms with van der Waals surface area (Å²) in [6, 6.07) is 3.41. The first-order chi connectivity index (χ1) is 9.77. The van der Waals surface area contributed by atoms with Crippen LogP contribution in [0.25, 0.3) is 0 Å². The van der Waals surface area contributed by atoms with E-state index in [1.54, 1.807) is 19.9 Å². The van der Waals surface area contributed by atoms with Crippen molar-refractivity contribution in [3.63, 3.8) is 0 Å². The van der Waals surface area contributed by atoms with E-state index < -0.39 is 29.6 Å². The van der Waals surface area contributed by atoms with Gasteiger partial charge in [0, 0.05) is 12.8 Å². The molecule has 0 saturated carbocycles. The number of carbonyl (C=O) groups is 3. The smallest absolute Gasteiger partial charge is 0.325 e. The fourth-order valence-corrected chi connectivity index (χ4v) is 1.74. The molecule has 1 rings (SSSR count). The molecular formula is C14H17FN2O4. The predicted molar refractivity (Wildman–Crippen MR) is 74.3 cm³/mol. The predicted octanol–water partition coefficient (Wildman–Crippen LogP) is 2.28. The zero-order valence-electron chi connectivity index (χ0n) is 11.8. The van der Waals surface area contributed by atoms with Crippen molar-refractivity contribution in [3.05, 3.63) is 29.6 Å². The number of hydrogen-bond acceptors (Lipinski definition) is 3. The van der Waals surface area contributed by atoms with E-state index in [2.05, 4.69) is 5.32 Å². The largest absolute Gasteiger partial charge is 0.481 e. The fraction of sp³-hybridized carbons (Fsp3) is 0.357. The maximum absolute atomic E-state index is 13.5. The molecule has 3 amide bonds. The van der Waals surface area contributed by atoms with Gasteiger partial charge in [0.05, 0.1) is 5.69 Å². The minimum Gasteiger partial charge on any atom is -0.481 e. The standard InChI is InChI=1S/C14H17FN2O4/c1-8-3-4-11(10(15)5-8)16-14(21)17-12(18)6-9(2)7-13(19)20/h3-5,9H,6-7H2,1-2H3,(H,19,20)(H2,16,17,18,21). The number of urea groups is 1.